The van der Waals surface area contributed by atoms with Crippen LogP contribution < -0.4 is 5.32 Å². The lowest BCUT2D eigenvalue weighted by molar-refractivity contribution is -0.122. The molecule has 0 unspecified atom stereocenters. The van der Waals surface area contributed by atoms with Gasteiger partial charge >= 0.3 is 0 Å². The van der Waals surface area contributed by atoms with Crippen LogP contribution in [0.5, 0.6) is 0 Å². The van der Waals surface area contributed by atoms with Crippen LogP contribution in [0.15, 0.2) is 24.3 Å². The maximum absolute atomic E-state index is 12.1. The van der Waals surface area contributed by atoms with Crippen molar-refractivity contribution in [3.63, 3.8) is 0 Å². The summed E-state index contributed by atoms with van der Waals surface area (Å²) in [5.74, 6) is 0.00351. The lowest BCUT2D eigenvalue weighted by Crippen LogP contribution is -2.41. The molecule has 1 aromatic carbocycles. The summed E-state index contributed by atoms with van der Waals surface area (Å²) in [6.45, 7) is 3.80. The molecule has 0 aliphatic carbocycles. The quantitative estimate of drug-likeness (QED) is 0.780. The van der Waals surface area contributed by atoms with Gasteiger partial charge in [-0.15, -0.1) is 0 Å². The van der Waals surface area contributed by atoms with Crippen molar-refractivity contribution in [2.45, 2.75) is 31.9 Å². The first-order valence-corrected chi connectivity index (χ1v) is 7.83. The molecule has 1 aromatic rings. The molecule has 5 heteroatoms. The van der Waals surface area contributed by atoms with E-state index in [9.17, 15) is 9.90 Å². The highest BCUT2D eigenvalue weighted by Gasteiger charge is 2.32. The van der Waals surface area contributed by atoms with Gasteiger partial charge in [-0.2, -0.15) is 0 Å². The number of benzene rings is 1. The van der Waals surface area contributed by atoms with Crippen molar-refractivity contribution >= 4 is 5.91 Å². The van der Waals surface area contributed by atoms with E-state index < -0.39 is 0 Å². The Labute approximate surface area is 132 Å². The van der Waals surface area contributed by atoms with Crippen LogP contribution in [0.1, 0.15) is 17.5 Å². The number of hydrogen-bond acceptors (Lipinski definition) is 4. The Balaban J connectivity index is 1.75. The van der Waals surface area contributed by atoms with Gasteiger partial charge in [0.25, 0.3) is 0 Å². The number of aliphatic hydroxyl groups excluding tert-OH is 1. The SMILES string of the molecule is CO[C@H]1C[C@@H](CO)N(CC(=O)NCCc2ccccc2C)C1. The van der Waals surface area contributed by atoms with Gasteiger partial charge in [0.2, 0.25) is 5.91 Å². The van der Waals surface area contributed by atoms with Crippen molar-refractivity contribution in [1.82, 2.24) is 10.2 Å². The summed E-state index contributed by atoms with van der Waals surface area (Å²) in [5.41, 5.74) is 2.51. The first kappa shape index (κ1) is 16.9. The fraction of sp³-hybridized carbons (Fsp3) is 0.588. The van der Waals surface area contributed by atoms with E-state index in [0.717, 1.165) is 12.8 Å². The Hall–Kier alpha value is -1.43. The van der Waals surface area contributed by atoms with E-state index in [-0.39, 0.29) is 24.7 Å². The number of aliphatic hydroxyl groups is 1. The van der Waals surface area contributed by atoms with Crippen LogP contribution in [0.3, 0.4) is 0 Å². The minimum atomic E-state index is 0.00351. The molecule has 0 spiro atoms. The van der Waals surface area contributed by atoms with Crippen molar-refractivity contribution in [2.24, 2.45) is 0 Å². The van der Waals surface area contributed by atoms with Crippen LogP contribution in [-0.2, 0) is 16.0 Å². The molecule has 2 N–H and O–H groups in total. The maximum Gasteiger partial charge on any atom is 0.234 e. The second-order valence-electron chi connectivity index (χ2n) is 5.89. The van der Waals surface area contributed by atoms with E-state index in [4.69, 9.17) is 4.74 Å². The highest BCUT2D eigenvalue weighted by atomic mass is 16.5. The fourth-order valence-corrected chi connectivity index (χ4v) is 2.96. The number of ether oxygens (including phenoxy) is 1. The third-order valence-electron chi connectivity index (χ3n) is 4.36. The highest BCUT2D eigenvalue weighted by Crippen LogP contribution is 2.18. The highest BCUT2D eigenvalue weighted by molar-refractivity contribution is 5.78. The topological polar surface area (TPSA) is 61.8 Å². The molecule has 1 amide bonds. The minimum absolute atomic E-state index is 0.00351. The third-order valence-corrected chi connectivity index (χ3v) is 4.36. The Morgan fingerprint density at radius 2 is 2.23 bits per heavy atom. The van der Waals surface area contributed by atoms with Crippen molar-refractivity contribution < 1.29 is 14.6 Å². The van der Waals surface area contributed by atoms with Crippen molar-refractivity contribution in [2.75, 3.05) is 33.4 Å². The van der Waals surface area contributed by atoms with E-state index in [0.29, 0.717) is 19.6 Å². The summed E-state index contributed by atoms with van der Waals surface area (Å²) >= 11 is 0. The maximum atomic E-state index is 12.1. The van der Waals surface area contributed by atoms with Gasteiger partial charge in [0.15, 0.2) is 0 Å². The fourth-order valence-electron chi connectivity index (χ4n) is 2.96. The van der Waals surface area contributed by atoms with Crippen molar-refractivity contribution in [3.8, 4) is 0 Å². The number of nitrogens with zero attached hydrogens (tertiary/aromatic N) is 1. The Bertz CT molecular complexity index is 493. The number of methoxy groups -OCH3 is 1. The monoisotopic (exact) mass is 306 g/mol. The van der Waals surface area contributed by atoms with Crippen LogP contribution in [0, 0.1) is 6.92 Å². The van der Waals surface area contributed by atoms with Crippen molar-refractivity contribution in [1.29, 1.82) is 0 Å². The molecule has 1 aliphatic rings. The van der Waals surface area contributed by atoms with Gasteiger partial charge in [-0.1, -0.05) is 24.3 Å². The summed E-state index contributed by atoms with van der Waals surface area (Å²) in [7, 11) is 1.67. The van der Waals surface area contributed by atoms with Gasteiger partial charge in [-0.25, -0.2) is 0 Å². The summed E-state index contributed by atoms with van der Waals surface area (Å²) in [6, 6.07) is 8.23. The number of carbonyl (C=O) groups excluding carboxylic acids is 1. The third kappa shape index (κ3) is 4.53. The van der Waals surface area contributed by atoms with E-state index in [2.05, 4.69) is 24.4 Å². The molecule has 0 radical (unpaired) electrons. The number of likely N-dealkylation sites (tertiary alicyclic amines) is 1. The Morgan fingerprint density at radius 3 is 2.91 bits per heavy atom. The molecule has 2 atom stereocenters. The van der Waals surface area contributed by atoms with Gasteiger partial charge < -0.3 is 15.2 Å². The molecule has 0 bridgehead atoms. The van der Waals surface area contributed by atoms with Gasteiger partial charge in [-0.3, -0.25) is 9.69 Å². The van der Waals surface area contributed by atoms with Crippen molar-refractivity contribution in [3.05, 3.63) is 35.4 Å². The summed E-state index contributed by atoms with van der Waals surface area (Å²) < 4.78 is 5.32. The van der Waals surface area contributed by atoms with E-state index >= 15 is 0 Å². The largest absolute Gasteiger partial charge is 0.395 e. The molecule has 1 heterocycles. The van der Waals surface area contributed by atoms with Crippen LogP contribution >= 0.6 is 0 Å². The number of nitrogens with one attached hydrogen (secondary N) is 1. The predicted octanol–water partition coefficient (Wildman–Crippen LogP) is 0.735. The number of amides is 1. The second kappa shape index (κ2) is 8.27. The summed E-state index contributed by atoms with van der Waals surface area (Å²) in [5, 5.41) is 12.3. The zero-order valence-corrected chi connectivity index (χ0v) is 13.4. The number of carbonyl (C=O) groups is 1. The van der Waals surface area contributed by atoms with E-state index in [1.54, 1.807) is 7.11 Å². The van der Waals surface area contributed by atoms with Crippen LogP contribution in [0.25, 0.3) is 0 Å². The molecule has 1 saturated heterocycles. The molecule has 1 fully saturated rings. The molecular formula is C17H26N2O3. The van der Waals surface area contributed by atoms with Gasteiger partial charge in [0.1, 0.15) is 0 Å². The van der Waals surface area contributed by atoms with E-state index in [1.807, 2.05) is 17.0 Å². The van der Waals surface area contributed by atoms with Crippen LogP contribution in [0.4, 0.5) is 0 Å². The summed E-state index contributed by atoms with van der Waals surface area (Å²) in [4.78, 5) is 14.1. The summed E-state index contributed by atoms with van der Waals surface area (Å²) in [6.07, 6.45) is 1.73. The van der Waals surface area contributed by atoms with Crippen LogP contribution in [0.2, 0.25) is 0 Å². The molecule has 22 heavy (non-hydrogen) atoms. The standard InChI is InChI=1S/C17H26N2O3/c1-13-5-3-4-6-14(13)7-8-18-17(21)11-19-10-16(22-2)9-15(19)12-20/h3-6,15-16,20H,7-12H2,1-2H3,(H,18,21)/t15-,16-/m0/s1. The van der Waals surface area contributed by atoms with Gasteiger partial charge in [0, 0.05) is 26.2 Å². The van der Waals surface area contributed by atoms with Gasteiger partial charge in [-0.05, 0) is 30.9 Å². The Kier molecular flexibility index (Phi) is 6.36. The van der Waals surface area contributed by atoms with Gasteiger partial charge in [0.05, 0.1) is 19.3 Å². The number of aryl methyl sites for hydroxylation is 1. The minimum Gasteiger partial charge on any atom is -0.395 e. The number of hydrogen-bond donors (Lipinski definition) is 2. The first-order valence-electron chi connectivity index (χ1n) is 7.83. The molecule has 5 nitrogen and oxygen atoms in total. The average Bonchev–Trinajstić information content (AvgIpc) is 2.91. The number of rotatable bonds is 7. The first-order chi connectivity index (χ1) is 10.6. The molecule has 0 saturated carbocycles. The molecule has 1 aliphatic heterocycles. The normalized spacial score (nSPS) is 22.0. The Morgan fingerprint density at radius 1 is 1.45 bits per heavy atom. The molecule has 122 valence electrons. The second-order valence-corrected chi connectivity index (χ2v) is 5.89. The lowest BCUT2D eigenvalue weighted by atomic mass is 10.1. The average molecular weight is 306 g/mol. The molecule has 2 rings (SSSR count). The lowest BCUT2D eigenvalue weighted by Gasteiger charge is -2.21. The molecule has 0 aromatic heterocycles. The molecular weight excluding hydrogens is 280 g/mol. The predicted molar refractivity (Wildman–Crippen MR) is 85.8 cm³/mol. The zero-order valence-electron chi connectivity index (χ0n) is 13.4. The van der Waals surface area contributed by atoms with E-state index in [1.165, 1.54) is 11.1 Å². The smallest absolute Gasteiger partial charge is 0.234 e. The zero-order chi connectivity index (χ0) is 15.9. The van der Waals surface area contributed by atoms with Crippen LogP contribution in [-0.4, -0.2) is 61.4 Å².